The monoisotopic (exact) mass is 352 g/mol. The SMILES string of the molecule is COc1ccc(NC(C)=O)cc1N=Cc1c(O)oc(=O)c2ccccc12. The number of amides is 1. The topological polar surface area (TPSA) is 101 Å². The van der Waals surface area contributed by atoms with E-state index in [9.17, 15) is 14.7 Å². The van der Waals surface area contributed by atoms with Gasteiger partial charge in [-0.3, -0.25) is 9.79 Å². The van der Waals surface area contributed by atoms with Gasteiger partial charge in [0, 0.05) is 24.2 Å². The Balaban J connectivity index is 2.09. The first kappa shape index (κ1) is 17.2. The third kappa shape index (κ3) is 3.41. The molecule has 2 N–H and O–H groups in total. The number of nitrogens with one attached hydrogen (secondary N) is 1. The quantitative estimate of drug-likeness (QED) is 0.702. The van der Waals surface area contributed by atoms with Gasteiger partial charge < -0.3 is 19.6 Å². The van der Waals surface area contributed by atoms with E-state index in [1.54, 1.807) is 42.5 Å². The highest BCUT2D eigenvalue weighted by atomic mass is 16.5. The first-order valence-electron chi connectivity index (χ1n) is 7.74. The standard InChI is InChI=1S/C19H16N2O5/c1-11(22)21-12-7-8-17(25-2)16(9-12)20-10-15-13-5-3-4-6-14(13)18(23)26-19(15)24/h3-10,24H,1-2H3,(H,21,22). The lowest BCUT2D eigenvalue weighted by atomic mass is 10.1. The molecular formula is C19H16N2O5. The maximum Gasteiger partial charge on any atom is 0.346 e. The molecule has 2 aromatic carbocycles. The van der Waals surface area contributed by atoms with E-state index >= 15 is 0 Å². The molecule has 0 bridgehead atoms. The minimum atomic E-state index is -0.625. The van der Waals surface area contributed by atoms with Crippen molar-refractivity contribution in [2.75, 3.05) is 12.4 Å². The molecule has 3 rings (SSSR count). The van der Waals surface area contributed by atoms with Gasteiger partial charge in [-0.15, -0.1) is 0 Å². The molecule has 132 valence electrons. The molecule has 7 nitrogen and oxygen atoms in total. The van der Waals surface area contributed by atoms with Crippen molar-refractivity contribution in [3.8, 4) is 11.7 Å². The number of anilines is 1. The minimum absolute atomic E-state index is 0.210. The first-order valence-corrected chi connectivity index (χ1v) is 7.74. The second kappa shape index (κ2) is 7.10. The molecule has 1 heterocycles. The Morgan fingerprint density at radius 1 is 1.23 bits per heavy atom. The summed E-state index contributed by atoms with van der Waals surface area (Å²) in [4.78, 5) is 27.4. The maximum atomic E-state index is 11.8. The van der Waals surface area contributed by atoms with Crippen LogP contribution in [0.2, 0.25) is 0 Å². The number of fused-ring (bicyclic) bond motifs is 1. The number of aliphatic imine (C=N–C) groups is 1. The average Bonchev–Trinajstić information content (AvgIpc) is 2.61. The molecule has 7 heteroatoms. The summed E-state index contributed by atoms with van der Waals surface area (Å²) in [6.07, 6.45) is 1.38. The number of nitrogens with zero attached hydrogens (tertiary/aromatic N) is 1. The van der Waals surface area contributed by atoms with Crippen molar-refractivity contribution in [1.29, 1.82) is 0 Å². The van der Waals surface area contributed by atoms with Gasteiger partial charge >= 0.3 is 5.63 Å². The Hall–Kier alpha value is -3.61. The fourth-order valence-electron chi connectivity index (χ4n) is 2.54. The van der Waals surface area contributed by atoms with E-state index < -0.39 is 11.6 Å². The lowest BCUT2D eigenvalue weighted by Gasteiger charge is -2.08. The molecule has 0 spiro atoms. The van der Waals surface area contributed by atoms with E-state index in [1.807, 2.05) is 0 Å². The number of hydrogen-bond acceptors (Lipinski definition) is 6. The Bertz CT molecular complexity index is 1070. The van der Waals surface area contributed by atoms with Gasteiger partial charge in [0.25, 0.3) is 5.95 Å². The third-order valence-corrected chi connectivity index (χ3v) is 3.69. The molecule has 0 saturated carbocycles. The van der Waals surface area contributed by atoms with E-state index in [0.29, 0.717) is 27.9 Å². The maximum absolute atomic E-state index is 11.8. The zero-order chi connectivity index (χ0) is 18.7. The number of aromatic hydroxyl groups is 1. The summed E-state index contributed by atoms with van der Waals surface area (Å²) in [6.45, 7) is 1.41. The number of carbonyl (C=O) groups excluding carboxylic acids is 1. The molecule has 0 aliphatic heterocycles. The van der Waals surface area contributed by atoms with Crippen molar-refractivity contribution in [1.82, 2.24) is 0 Å². The molecule has 0 radical (unpaired) electrons. The Morgan fingerprint density at radius 2 is 1.96 bits per heavy atom. The fraction of sp³-hybridized carbons (Fsp3) is 0.105. The molecular weight excluding hydrogens is 336 g/mol. The van der Waals surface area contributed by atoms with Gasteiger partial charge in [0.1, 0.15) is 11.4 Å². The van der Waals surface area contributed by atoms with Crippen LogP contribution in [-0.2, 0) is 4.79 Å². The van der Waals surface area contributed by atoms with Gasteiger partial charge in [0.05, 0.1) is 18.1 Å². The second-order valence-corrected chi connectivity index (χ2v) is 5.48. The van der Waals surface area contributed by atoms with Gasteiger partial charge in [0.2, 0.25) is 5.91 Å². The van der Waals surface area contributed by atoms with Crippen LogP contribution in [0.5, 0.6) is 11.7 Å². The number of methoxy groups -OCH3 is 1. The highest BCUT2D eigenvalue weighted by molar-refractivity contribution is 6.01. The van der Waals surface area contributed by atoms with E-state index in [2.05, 4.69) is 10.3 Å². The van der Waals surface area contributed by atoms with Crippen molar-refractivity contribution >= 4 is 34.3 Å². The average molecular weight is 352 g/mol. The smallest absolute Gasteiger partial charge is 0.346 e. The number of hydrogen-bond donors (Lipinski definition) is 2. The van der Waals surface area contributed by atoms with Gasteiger partial charge in [0.15, 0.2) is 0 Å². The fourth-order valence-corrected chi connectivity index (χ4v) is 2.54. The zero-order valence-electron chi connectivity index (χ0n) is 14.1. The summed E-state index contributed by atoms with van der Waals surface area (Å²) < 4.78 is 10.1. The second-order valence-electron chi connectivity index (χ2n) is 5.48. The number of rotatable bonds is 4. The van der Waals surface area contributed by atoms with Crippen molar-refractivity contribution in [3.05, 3.63) is 58.4 Å². The molecule has 0 fully saturated rings. The van der Waals surface area contributed by atoms with E-state index in [1.165, 1.54) is 20.2 Å². The van der Waals surface area contributed by atoms with Crippen LogP contribution < -0.4 is 15.7 Å². The molecule has 0 aliphatic carbocycles. The minimum Gasteiger partial charge on any atom is -0.494 e. The van der Waals surface area contributed by atoms with Crippen LogP contribution in [0.4, 0.5) is 11.4 Å². The van der Waals surface area contributed by atoms with Crippen molar-refractivity contribution in [2.45, 2.75) is 6.92 Å². The summed E-state index contributed by atoms with van der Waals surface area (Å²) in [5, 5.41) is 13.5. The Labute approximate surface area is 148 Å². The normalized spacial score (nSPS) is 11.0. The van der Waals surface area contributed by atoms with Crippen LogP contribution in [0.1, 0.15) is 12.5 Å². The molecule has 3 aromatic rings. The van der Waals surface area contributed by atoms with Crippen LogP contribution >= 0.6 is 0 Å². The molecule has 0 aliphatic rings. The van der Waals surface area contributed by atoms with E-state index in [4.69, 9.17) is 9.15 Å². The van der Waals surface area contributed by atoms with Crippen LogP contribution in [0.25, 0.3) is 10.8 Å². The van der Waals surface area contributed by atoms with Crippen molar-refractivity contribution < 1.29 is 19.1 Å². The predicted octanol–water partition coefficient (Wildman–Crippen LogP) is 3.22. The number of benzene rings is 2. The largest absolute Gasteiger partial charge is 0.494 e. The summed E-state index contributed by atoms with van der Waals surface area (Å²) in [7, 11) is 1.50. The van der Waals surface area contributed by atoms with Gasteiger partial charge in [-0.2, -0.15) is 0 Å². The van der Waals surface area contributed by atoms with Crippen molar-refractivity contribution in [3.63, 3.8) is 0 Å². The highest BCUT2D eigenvalue weighted by Crippen LogP contribution is 2.31. The Kier molecular flexibility index (Phi) is 4.70. The lowest BCUT2D eigenvalue weighted by Crippen LogP contribution is -2.05. The molecule has 1 amide bonds. The molecule has 0 saturated heterocycles. The zero-order valence-corrected chi connectivity index (χ0v) is 14.1. The van der Waals surface area contributed by atoms with Crippen LogP contribution in [0, 0.1) is 0 Å². The van der Waals surface area contributed by atoms with Crippen LogP contribution in [0.15, 0.2) is 56.7 Å². The highest BCUT2D eigenvalue weighted by Gasteiger charge is 2.11. The number of carbonyl (C=O) groups is 1. The molecule has 0 unspecified atom stereocenters. The van der Waals surface area contributed by atoms with Gasteiger partial charge in [-0.25, -0.2) is 4.79 Å². The summed E-state index contributed by atoms with van der Waals surface area (Å²) in [5.74, 6) is -0.246. The number of ether oxygens (including phenoxy) is 1. The summed E-state index contributed by atoms with van der Waals surface area (Å²) in [5.41, 5.74) is 0.639. The lowest BCUT2D eigenvalue weighted by molar-refractivity contribution is -0.114. The van der Waals surface area contributed by atoms with E-state index in [-0.39, 0.29) is 11.5 Å². The van der Waals surface area contributed by atoms with Gasteiger partial charge in [-0.05, 0) is 24.3 Å². The summed E-state index contributed by atoms with van der Waals surface area (Å²) >= 11 is 0. The van der Waals surface area contributed by atoms with Crippen LogP contribution in [-0.4, -0.2) is 24.3 Å². The summed E-state index contributed by atoms with van der Waals surface area (Å²) in [6, 6.07) is 11.7. The van der Waals surface area contributed by atoms with E-state index in [0.717, 1.165) is 0 Å². The molecule has 1 aromatic heterocycles. The predicted molar refractivity (Wildman–Crippen MR) is 98.7 cm³/mol. The van der Waals surface area contributed by atoms with Gasteiger partial charge in [-0.1, -0.05) is 18.2 Å². The van der Waals surface area contributed by atoms with Crippen molar-refractivity contribution in [2.24, 2.45) is 4.99 Å². The molecule has 26 heavy (non-hydrogen) atoms. The Morgan fingerprint density at radius 3 is 2.65 bits per heavy atom. The third-order valence-electron chi connectivity index (χ3n) is 3.69. The molecule has 0 atom stereocenters. The van der Waals surface area contributed by atoms with Crippen LogP contribution in [0.3, 0.4) is 0 Å². The first-order chi connectivity index (χ1) is 12.5.